The largest absolute Gasteiger partial charge is 0.420 e. The lowest BCUT2D eigenvalue weighted by Gasteiger charge is -2.05. The van der Waals surface area contributed by atoms with Crippen LogP contribution in [0, 0.1) is 5.82 Å². The highest BCUT2D eigenvalue weighted by Crippen LogP contribution is 2.24. The number of esters is 1. The molecule has 0 aliphatic carbocycles. The molecule has 0 fully saturated rings. The summed E-state index contributed by atoms with van der Waals surface area (Å²) in [5, 5.41) is 0. The van der Waals surface area contributed by atoms with Crippen molar-refractivity contribution < 1.29 is 13.9 Å². The van der Waals surface area contributed by atoms with Gasteiger partial charge >= 0.3 is 5.97 Å². The van der Waals surface area contributed by atoms with E-state index in [1.807, 2.05) is 0 Å². The summed E-state index contributed by atoms with van der Waals surface area (Å²) in [6, 6.07) is 9.29. The second-order valence-electron chi connectivity index (χ2n) is 4.00. The Morgan fingerprint density at radius 1 is 1.25 bits per heavy atom. The highest BCUT2D eigenvalue weighted by molar-refractivity contribution is 9.10. The molecule has 0 unspecified atom stereocenters. The van der Waals surface area contributed by atoms with Gasteiger partial charge < -0.3 is 4.74 Å². The first kappa shape index (κ1) is 13.2. The van der Waals surface area contributed by atoms with E-state index in [4.69, 9.17) is 4.74 Å². The van der Waals surface area contributed by atoms with Crippen molar-refractivity contribution in [2.45, 2.75) is 0 Å². The number of benzene rings is 2. The molecule has 0 saturated carbocycles. The van der Waals surface area contributed by atoms with E-state index in [9.17, 15) is 9.18 Å². The van der Waals surface area contributed by atoms with Crippen LogP contribution in [0.3, 0.4) is 0 Å². The van der Waals surface area contributed by atoms with Crippen molar-refractivity contribution in [3.63, 3.8) is 0 Å². The molecule has 0 saturated heterocycles. The topological polar surface area (TPSA) is 39.2 Å². The molecule has 20 heavy (non-hydrogen) atoms. The molecular weight excluding hydrogens is 345 g/mol. The summed E-state index contributed by atoms with van der Waals surface area (Å²) in [4.78, 5) is 16.1. The number of hydrogen-bond donors (Lipinski definition) is 0. The highest BCUT2D eigenvalue weighted by Gasteiger charge is 2.13. The van der Waals surface area contributed by atoms with Crippen molar-refractivity contribution in [1.82, 2.24) is 4.98 Å². The summed E-state index contributed by atoms with van der Waals surface area (Å²) in [6.07, 6.45) is 0. The summed E-state index contributed by atoms with van der Waals surface area (Å²) in [5.41, 5.74) is 2.89. The summed E-state index contributed by atoms with van der Waals surface area (Å²) >= 11 is 4.58. The highest BCUT2D eigenvalue weighted by atomic mass is 79.9. The first-order chi connectivity index (χ1) is 9.63. The minimum Gasteiger partial charge on any atom is -0.420 e. The van der Waals surface area contributed by atoms with Crippen molar-refractivity contribution in [3.05, 3.63) is 57.8 Å². The molecule has 100 valence electrons. The fourth-order valence-corrected chi connectivity index (χ4v) is 2.75. The lowest BCUT2D eigenvalue weighted by molar-refractivity contribution is 0.0728. The van der Waals surface area contributed by atoms with Gasteiger partial charge in [0.1, 0.15) is 0 Å². The fraction of sp³-hybridized carbons (Fsp3) is 0. The van der Waals surface area contributed by atoms with Crippen LogP contribution in [-0.2, 0) is 0 Å². The van der Waals surface area contributed by atoms with Gasteiger partial charge in [0.15, 0.2) is 11.6 Å². The Labute approximate surface area is 126 Å². The van der Waals surface area contributed by atoms with E-state index in [0.717, 1.165) is 10.2 Å². The minimum absolute atomic E-state index is 0.0948. The van der Waals surface area contributed by atoms with Crippen LogP contribution < -0.4 is 4.74 Å². The van der Waals surface area contributed by atoms with Crippen molar-refractivity contribution in [3.8, 4) is 5.75 Å². The van der Waals surface area contributed by atoms with E-state index in [2.05, 4.69) is 20.9 Å². The zero-order valence-corrected chi connectivity index (χ0v) is 12.4. The van der Waals surface area contributed by atoms with Gasteiger partial charge in [0.2, 0.25) is 0 Å². The first-order valence-corrected chi connectivity index (χ1v) is 7.31. The third kappa shape index (κ3) is 2.57. The number of hydrogen-bond acceptors (Lipinski definition) is 4. The smallest absolute Gasteiger partial charge is 0.343 e. The van der Waals surface area contributed by atoms with Crippen LogP contribution in [0.5, 0.6) is 5.75 Å². The molecule has 0 N–H and O–H groups in total. The standard InChI is InChI=1S/C14H7BrFNO2S/c15-9-2-4-12(10(16)6-9)19-14(18)8-1-3-11-13(5-8)20-7-17-11/h1-7H. The van der Waals surface area contributed by atoms with E-state index in [1.54, 1.807) is 29.8 Å². The zero-order chi connectivity index (χ0) is 14.1. The quantitative estimate of drug-likeness (QED) is 0.506. The number of ether oxygens (including phenoxy) is 1. The van der Waals surface area contributed by atoms with Gasteiger partial charge in [-0.05, 0) is 36.4 Å². The predicted molar refractivity (Wildman–Crippen MR) is 78.7 cm³/mol. The van der Waals surface area contributed by atoms with E-state index >= 15 is 0 Å². The number of carbonyl (C=O) groups is 1. The second-order valence-corrected chi connectivity index (χ2v) is 5.80. The van der Waals surface area contributed by atoms with Crippen LogP contribution >= 0.6 is 27.3 Å². The average Bonchev–Trinajstić information content (AvgIpc) is 2.89. The summed E-state index contributed by atoms with van der Waals surface area (Å²) in [7, 11) is 0. The number of aromatic nitrogens is 1. The number of carbonyl (C=O) groups excluding carboxylic acids is 1. The first-order valence-electron chi connectivity index (χ1n) is 5.64. The van der Waals surface area contributed by atoms with Gasteiger partial charge in [0.25, 0.3) is 0 Å². The van der Waals surface area contributed by atoms with Crippen LogP contribution in [0.4, 0.5) is 4.39 Å². The lowest BCUT2D eigenvalue weighted by Crippen LogP contribution is -2.09. The molecule has 0 spiro atoms. The van der Waals surface area contributed by atoms with E-state index in [0.29, 0.717) is 10.0 Å². The SMILES string of the molecule is O=C(Oc1ccc(Br)cc1F)c1ccc2ncsc2c1. The molecule has 3 rings (SSSR count). The third-order valence-electron chi connectivity index (χ3n) is 2.66. The number of fused-ring (bicyclic) bond motifs is 1. The summed E-state index contributed by atoms with van der Waals surface area (Å²) in [6.45, 7) is 0. The maximum absolute atomic E-state index is 13.6. The second kappa shape index (κ2) is 5.30. The molecular formula is C14H7BrFNO2S. The van der Waals surface area contributed by atoms with E-state index < -0.39 is 11.8 Å². The maximum atomic E-state index is 13.6. The third-order valence-corrected chi connectivity index (χ3v) is 3.95. The van der Waals surface area contributed by atoms with Crippen molar-refractivity contribution >= 4 is 43.5 Å². The average molecular weight is 352 g/mol. The molecule has 0 aliphatic heterocycles. The Kier molecular flexibility index (Phi) is 3.50. The molecule has 0 bridgehead atoms. The van der Waals surface area contributed by atoms with Crippen molar-refractivity contribution in [2.75, 3.05) is 0 Å². The fourth-order valence-electron chi connectivity index (χ4n) is 1.70. The van der Waals surface area contributed by atoms with Gasteiger partial charge in [-0.1, -0.05) is 15.9 Å². The molecule has 0 amide bonds. The van der Waals surface area contributed by atoms with Crippen molar-refractivity contribution in [2.24, 2.45) is 0 Å². The Hall–Kier alpha value is -1.79. The number of nitrogens with zero attached hydrogens (tertiary/aromatic N) is 1. The molecule has 0 atom stereocenters. The van der Waals surface area contributed by atoms with Crippen molar-refractivity contribution in [1.29, 1.82) is 0 Å². The molecule has 0 aliphatic rings. The van der Waals surface area contributed by atoms with Crippen LogP contribution in [0.25, 0.3) is 10.2 Å². The minimum atomic E-state index is -0.596. The molecule has 0 radical (unpaired) electrons. The van der Waals surface area contributed by atoms with E-state index in [1.165, 1.54) is 23.5 Å². The lowest BCUT2D eigenvalue weighted by atomic mass is 10.2. The molecule has 6 heteroatoms. The Bertz CT molecular complexity index is 803. The maximum Gasteiger partial charge on any atom is 0.343 e. The van der Waals surface area contributed by atoms with Crippen LogP contribution in [0.1, 0.15) is 10.4 Å². The molecule has 2 aromatic carbocycles. The van der Waals surface area contributed by atoms with Crippen LogP contribution in [0.15, 0.2) is 46.4 Å². The van der Waals surface area contributed by atoms with E-state index in [-0.39, 0.29) is 5.75 Å². The summed E-state index contributed by atoms with van der Waals surface area (Å²) in [5.74, 6) is -1.28. The summed E-state index contributed by atoms with van der Waals surface area (Å²) < 4.78 is 20.1. The monoisotopic (exact) mass is 351 g/mol. The Morgan fingerprint density at radius 3 is 2.90 bits per heavy atom. The molecule has 3 aromatic rings. The Balaban J connectivity index is 1.88. The predicted octanol–water partition coefficient (Wildman–Crippen LogP) is 4.42. The van der Waals surface area contributed by atoms with Gasteiger partial charge in [-0.3, -0.25) is 0 Å². The van der Waals surface area contributed by atoms with Crippen LogP contribution in [-0.4, -0.2) is 11.0 Å². The molecule has 3 nitrogen and oxygen atoms in total. The van der Waals surface area contributed by atoms with Crippen LogP contribution in [0.2, 0.25) is 0 Å². The number of thiazole rings is 1. The van der Waals surface area contributed by atoms with Gasteiger partial charge in [-0.25, -0.2) is 14.2 Å². The molecule has 1 aromatic heterocycles. The molecule has 1 heterocycles. The number of rotatable bonds is 2. The van der Waals surface area contributed by atoms with Gasteiger partial charge in [0, 0.05) is 4.47 Å². The van der Waals surface area contributed by atoms with Gasteiger partial charge in [0.05, 0.1) is 21.3 Å². The van der Waals surface area contributed by atoms with Gasteiger partial charge in [-0.15, -0.1) is 11.3 Å². The van der Waals surface area contributed by atoms with Gasteiger partial charge in [-0.2, -0.15) is 0 Å². The number of halogens is 2. The Morgan fingerprint density at radius 2 is 2.10 bits per heavy atom. The normalized spacial score (nSPS) is 10.7. The zero-order valence-electron chi connectivity index (χ0n) is 9.97.